The van der Waals surface area contributed by atoms with Crippen LogP contribution < -0.4 is 5.73 Å². The van der Waals surface area contributed by atoms with E-state index in [1.54, 1.807) is 11.8 Å². The van der Waals surface area contributed by atoms with Crippen LogP contribution in [0, 0.1) is 0 Å². The lowest BCUT2D eigenvalue weighted by atomic mass is 10.3. The molecule has 86 valence electrons. The Balaban J connectivity index is 2.46. The quantitative estimate of drug-likeness (QED) is 0.822. The van der Waals surface area contributed by atoms with E-state index in [0.717, 1.165) is 11.0 Å². The Bertz CT molecular complexity index is 291. The van der Waals surface area contributed by atoms with Crippen LogP contribution >= 0.6 is 11.8 Å². The molecule has 1 atom stereocenters. The average molecular weight is 235 g/mol. The second kappa shape index (κ2) is 6.07. The second-order valence-corrected chi connectivity index (χ2v) is 4.65. The van der Waals surface area contributed by atoms with Crippen LogP contribution in [0.25, 0.3) is 0 Å². The Kier molecular flexibility index (Phi) is 5.04. The smallest absolute Gasteiger partial charge is 0.319 e. The van der Waals surface area contributed by atoms with Gasteiger partial charge in [-0.1, -0.05) is 6.92 Å². The first-order valence-electron chi connectivity index (χ1n) is 4.76. The normalized spacial score (nSPS) is 13.4. The summed E-state index contributed by atoms with van der Waals surface area (Å²) in [5.74, 6) is 0.914. The second-order valence-electron chi connectivity index (χ2n) is 3.23. The lowest BCUT2D eigenvalue weighted by Gasteiger charge is -2.10. The summed E-state index contributed by atoms with van der Waals surface area (Å²) in [4.78, 5) is 3.90. The fourth-order valence-corrected chi connectivity index (χ4v) is 2.13. The molecule has 0 saturated carbocycles. The third-order valence-corrected chi connectivity index (χ3v) is 3.26. The molecule has 0 bridgehead atoms. The molecule has 0 fully saturated rings. The number of alkyl halides is 2. The van der Waals surface area contributed by atoms with Crippen LogP contribution in [0.4, 0.5) is 8.78 Å². The predicted molar refractivity (Wildman–Crippen MR) is 57.9 cm³/mol. The van der Waals surface area contributed by atoms with Gasteiger partial charge in [0.05, 0.1) is 5.75 Å². The van der Waals surface area contributed by atoms with E-state index in [9.17, 15) is 8.78 Å². The lowest BCUT2D eigenvalue weighted by Crippen LogP contribution is -2.09. The van der Waals surface area contributed by atoms with E-state index in [1.807, 2.05) is 6.92 Å². The fraction of sp³-hybridized carbons (Fsp3) is 0.667. The van der Waals surface area contributed by atoms with Crippen molar-refractivity contribution >= 4 is 11.8 Å². The number of aromatic nitrogens is 2. The minimum Gasteiger partial charge on any atom is -0.330 e. The minimum atomic E-state index is -2.51. The summed E-state index contributed by atoms with van der Waals surface area (Å²) >= 11 is 1.59. The number of halogens is 2. The zero-order valence-electron chi connectivity index (χ0n) is 8.57. The maximum atomic E-state index is 12.4. The van der Waals surface area contributed by atoms with Gasteiger partial charge in [0.25, 0.3) is 0 Å². The average Bonchev–Trinajstić information content (AvgIpc) is 2.63. The first-order valence-corrected chi connectivity index (χ1v) is 5.81. The molecular formula is C9H15F2N3S. The Morgan fingerprint density at radius 1 is 1.60 bits per heavy atom. The van der Waals surface area contributed by atoms with Gasteiger partial charge >= 0.3 is 6.55 Å². The van der Waals surface area contributed by atoms with E-state index in [1.165, 1.54) is 12.4 Å². The Hall–Kier alpha value is -0.620. The lowest BCUT2D eigenvalue weighted by molar-refractivity contribution is 0.0678. The van der Waals surface area contributed by atoms with Crippen LogP contribution in [0.15, 0.2) is 12.4 Å². The third-order valence-electron chi connectivity index (χ3n) is 2.03. The molecular weight excluding hydrogens is 220 g/mol. The van der Waals surface area contributed by atoms with Crippen molar-refractivity contribution in [1.82, 2.24) is 9.55 Å². The molecule has 15 heavy (non-hydrogen) atoms. The molecule has 1 heterocycles. The molecule has 0 radical (unpaired) electrons. The Labute approximate surface area is 92.1 Å². The summed E-state index contributed by atoms with van der Waals surface area (Å²) in [5.41, 5.74) is 5.40. The van der Waals surface area contributed by atoms with Crippen LogP contribution in [0.1, 0.15) is 25.7 Å². The molecule has 6 heteroatoms. The third kappa shape index (κ3) is 3.79. The van der Waals surface area contributed by atoms with Crippen LogP contribution in [0.3, 0.4) is 0 Å². The molecule has 0 saturated heterocycles. The van der Waals surface area contributed by atoms with Gasteiger partial charge in [-0.2, -0.15) is 20.5 Å². The van der Waals surface area contributed by atoms with Crippen molar-refractivity contribution in [2.24, 2.45) is 5.73 Å². The predicted octanol–water partition coefficient (Wildman–Crippen LogP) is 2.25. The molecule has 3 nitrogen and oxygen atoms in total. The van der Waals surface area contributed by atoms with Crippen LogP contribution in [0.2, 0.25) is 0 Å². The first kappa shape index (κ1) is 12.4. The number of imidazole rings is 1. The van der Waals surface area contributed by atoms with Crippen molar-refractivity contribution in [3.8, 4) is 0 Å². The highest BCUT2D eigenvalue weighted by molar-refractivity contribution is 7.99. The van der Waals surface area contributed by atoms with Crippen molar-refractivity contribution in [3.63, 3.8) is 0 Å². The van der Waals surface area contributed by atoms with E-state index in [2.05, 4.69) is 4.98 Å². The van der Waals surface area contributed by atoms with Crippen molar-refractivity contribution in [3.05, 3.63) is 18.2 Å². The van der Waals surface area contributed by atoms with E-state index < -0.39 is 6.55 Å². The van der Waals surface area contributed by atoms with Gasteiger partial charge in [-0.3, -0.25) is 4.57 Å². The molecule has 1 rings (SSSR count). The molecule has 0 aliphatic rings. The topological polar surface area (TPSA) is 43.8 Å². The van der Waals surface area contributed by atoms with Gasteiger partial charge in [-0.25, -0.2) is 4.98 Å². The van der Waals surface area contributed by atoms with Gasteiger partial charge in [0.15, 0.2) is 0 Å². The van der Waals surface area contributed by atoms with Crippen molar-refractivity contribution in [2.75, 3.05) is 6.54 Å². The van der Waals surface area contributed by atoms with Gasteiger partial charge in [0.2, 0.25) is 0 Å². The maximum Gasteiger partial charge on any atom is 0.319 e. The van der Waals surface area contributed by atoms with Gasteiger partial charge in [0, 0.05) is 17.6 Å². The van der Waals surface area contributed by atoms with Crippen LogP contribution in [-0.4, -0.2) is 21.3 Å². The van der Waals surface area contributed by atoms with Crippen LogP contribution in [0.5, 0.6) is 0 Å². The molecule has 1 unspecified atom stereocenters. The van der Waals surface area contributed by atoms with Gasteiger partial charge in [-0.15, -0.1) is 0 Å². The number of nitrogens with zero attached hydrogens (tertiary/aromatic N) is 2. The molecule has 0 aromatic carbocycles. The van der Waals surface area contributed by atoms with E-state index in [0.29, 0.717) is 23.4 Å². The number of rotatable bonds is 6. The zero-order valence-corrected chi connectivity index (χ0v) is 9.38. The Morgan fingerprint density at radius 3 is 2.93 bits per heavy atom. The maximum absolute atomic E-state index is 12.4. The molecule has 1 aromatic heterocycles. The highest BCUT2D eigenvalue weighted by Crippen LogP contribution is 2.21. The molecule has 0 amide bonds. The summed E-state index contributed by atoms with van der Waals surface area (Å²) < 4.78 is 25.7. The molecule has 0 spiro atoms. The number of nitrogens with two attached hydrogens (primary N) is 1. The SMILES string of the molecule is CC(CCN)SCc1nccn1C(F)F. The molecule has 0 aliphatic carbocycles. The van der Waals surface area contributed by atoms with E-state index in [4.69, 9.17) is 5.73 Å². The number of hydrogen-bond donors (Lipinski definition) is 1. The van der Waals surface area contributed by atoms with E-state index in [-0.39, 0.29) is 0 Å². The fourth-order valence-electron chi connectivity index (χ4n) is 1.17. The Morgan fingerprint density at radius 2 is 2.33 bits per heavy atom. The van der Waals surface area contributed by atoms with Crippen molar-refractivity contribution in [2.45, 2.75) is 30.9 Å². The minimum absolute atomic E-state index is 0.373. The van der Waals surface area contributed by atoms with Crippen LogP contribution in [-0.2, 0) is 5.75 Å². The first-order chi connectivity index (χ1) is 7.15. The standard InChI is InChI=1S/C9H15F2N3S/c1-7(2-3-12)15-6-8-13-4-5-14(8)9(10)11/h4-5,7,9H,2-3,6,12H2,1H3. The van der Waals surface area contributed by atoms with Gasteiger partial charge in [0.1, 0.15) is 5.82 Å². The highest BCUT2D eigenvalue weighted by atomic mass is 32.2. The van der Waals surface area contributed by atoms with Gasteiger partial charge in [-0.05, 0) is 13.0 Å². The highest BCUT2D eigenvalue weighted by Gasteiger charge is 2.12. The van der Waals surface area contributed by atoms with E-state index >= 15 is 0 Å². The summed E-state index contributed by atoms with van der Waals surface area (Å²) in [5, 5.41) is 0.373. The summed E-state index contributed by atoms with van der Waals surface area (Å²) in [6, 6.07) is 0. The summed E-state index contributed by atoms with van der Waals surface area (Å²) in [6.07, 6.45) is 3.59. The zero-order chi connectivity index (χ0) is 11.3. The monoisotopic (exact) mass is 235 g/mol. The number of thioether (sulfide) groups is 1. The largest absolute Gasteiger partial charge is 0.330 e. The molecule has 2 N–H and O–H groups in total. The molecule has 0 aliphatic heterocycles. The summed E-state index contributed by atoms with van der Waals surface area (Å²) in [7, 11) is 0. The van der Waals surface area contributed by atoms with Crippen molar-refractivity contribution in [1.29, 1.82) is 0 Å². The van der Waals surface area contributed by atoms with Gasteiger partial charge < -0.3 is 5.73 Å². The molecule has 1 aromatic rings. The van der Waals surface area contributed by atoms with Crippen molar-refractivity contribution < 1.29 is 8.78 Å². The summed E-state index contributed by atoms with van der Waals surface area (Å²) in [6.45, 7) is 0.151. The number of hydrogen-bond acceptors (Lipinski definition) is 3.